The fraction of sp³-hybridized carbons (Fsp3) is 0.267. The van der Waals surface area contributed by atoms with E-state index in [1.165, 1.54) is 0 Å². The van der Waals surface area contributed by atoms with Gasteiger partial charge in [-0.2, -0.15) is 0 Å². The van der Waals surface area contributed by atoms with Gasteiger partial charge < -0.3 is 4.98 Å². The lowest BCUT2D eigenvalue weighted by molar-refractivity contribution is 0.602. The number of sulfonamides is 1. The molecular formula is C15H16ClN3O2S. The number of allylic oxidation sites excluding steroid dienone is 1. The van der Waals surface area contributed by atoms with Gasteiger partial charge in [-0.1, -0.05) is 17.7 Å². The van der Waals surface area contributed by atoms with Gasteiger partial charge >= 0.3 is 0 Å². The summed E-state index contributed by atoms with van der Waals surface area (Å²) < 4.78 is 26.4. The van der Waals surface area contributed by atoms with Gasteiger partial charge in [0.15, 0.2) is 0 Å². The fourth-order valence-corrected chi connectivity index (χ4v) is 3.56. The first-order valence-electron chi connectivity index (χ1n) is 7.03. The third kappa shape index (κ3) is 2.76. The van der Waals surface area contributed by atoms with Crippen LogP contribution in [0, 0.1) is 0 Å². The molecule has 0 fully saturated rings. The Morgan fingerprint density at radius 1 is 1.41 bits per heavy atom. The molecule has 0 saturated heterocycles. The first-order valence-corrected chi connectivity index (χ1v) is 9.06. The molecule has 5 nitrogen and oxygen atoms in total. The van der Waals surface area contributed by atoms with E-state index >= 15 is 0 Å². The summed E-state index contributed by atoms with van der Waals surface area (Å²) >= 11 is 6.37. The topological polar surface area (TPSA) is 74.8 Å². The van der Waals surface area contributed by atoms with Crippen LogP contribution in [0.15, 0.2) is 30.7 Å². The molecule has 7 heteroatoms. The number of nitrogens with zero attached hydrogens (tertiary/aromatic N) is 1. The standard InChI is InChI=1S/C15H16ClN3O2S/c1-2-22(20,21)19-13-7-6-12(16)15-10(13)4-3-5-11(15)14-8-17-9-18-14/h5-9,19H,2-4H2,1H3,(H,17,18). The minimum Gasteiger partial charge on any atom is -0.351 e. The van der Waals surface area contributed by atoms with E-state index in [1.54, 1.807) is 31.6 Å². The minimum atomic E-state index is -3.32. The zero-order valence-corrected chi connectivity index (χ0v) is 13.6. The van der Waals surface area contributed by atoms with Crippen molar-refractivity contribution >= 4 is 32.9 Å². The highest BCUT2D eigenvalue weighted by molar-refractivity contribution is 7.92. The summed E-state index contributed by atoms with van der Waals surface area (Å²) in [5, 5.41) is 0.600. The Morgan fingerprint density at radius 3 is 2.91 bits per heavy atom. The van der Waals surface area contributed by atoms with Crippen molar-refractivity contribution in [3.8, 4) is 0 Å². The molecule has 1 aromatic carbocycles. The Labute approximate surface area is 134 Å². The van der Waals surface area contributed by atoms with E-state index in [2.05, 4.69) is 20.8 Å². The van der Waals surface area contributed by atoms with Crippen LogP contribution < -0.4 is 4.72 Å². The van der Waals surface area contributed by atoms with Gasteiger partial charge in [0.05, 0.1) is 23.5 Å². The van der Waals surface area contributed by atoms with Crippen molar-refractivity contribution in [2.24, 2.45) is 0 Å². The maximum absolute atomic E-state index is 11.9. The average Bonchev–Trinajstić information content (AvgIpc) is 3.04. The van der Waals surface area contributed by atoms with Gasteiger partial charge in [-0.05, 0) is 37.5 Å². The molecule has 0 unspecified atom stereocenters. The Hall–Kier alpha value is -1.79. The van der Waals surface area contributed by atoms with Gasteiger partial charge in [0, 0.05) is 22.4 Å². The van der Waals surface area contributed by atoms with Crippen LogP contribution in [0.25, 0.3) is 5.57 Å². The van der Waals surface area contributed by atoms with Crippen molar-refractivity contribution in [2.45, 2.75) is 19.8 Å². The van der Waals surface area contributed by atoms with Crippen LogP contribution >= 0.6 is 11.6 Å². The van der Waals surface area contributed by atoms with Crippen molar-refractivity contribution < 1.29 is 8.42 Å². The molecule has 2 aromatic rings. The zero-order chi connectivity index (χ0) is 15.7. The van der Waals surface area contributed by atoms with E-state index in [0.29, 0.717) is 10.7 Å². The van der Waals surface area contributed by atoms with Gasteiger partial charge in [0.1, 0.15) is 0 Å². The smallest absolute Gasteiger partial charge is 0.232 e. The highest BCUT2D eigenvalue weighted by Crippen LogP contribution is 2.39. The van der Waals surface area contributed by atoms with E-state index < -0.39 is 10.0 Å². The lowest BCUT2D eigenvalue weighted by Crippen LogP contribution is -2.17. The van der Waals surface area contributed by atoms with Crippen molar-refractivity contribution in [3.05, 3.63) is 52.6 Å². The van der Waals surface area contributed by atoms with Crippen molar-refractivity contribution in [1.82, 2.24) is 9.97 Å². The molecule has 116 valence electrons. The van der Waals surface area contributed by atoms with E-state index in [-0.39, 0.29) is 5.75 Å². The van der Waals surface area contributed by atoms with Crippen LogP contribution in [-0.2, 0) is 16.4 Å². The Bertz CT molecular complexity index is 827. The predicted molar refractivity (Wildman–Crippen MR) is 88.5 cm³/mol. The quantitative estimate of drug-likeness (QED) is 0.899. The highest BCUT2D eigenvalue weighted by Gasteiger charge is 2.22. The molecule has 0 atom stereocenters. The maximum Gasteiger partial charge on any atom is 0.232 e. The second-order valence-electron chi connectivity index (χ2n) is 5.06. The summed E-state index contributed by atoms with van der Waals surface area (Å²) in [5.74, 6) is 0.0342. The molecule has 0 spiro atoms. The lowest BCUT2D eigenvalue weighted by Gasteiger charge is -2.22. The normalized spacial score (nSPS) is 14.4. The number of anilines is 1. The summed E-state index contributed by atoms with van der Waals surface area (Å²) in [5.41, 5.74) is 4.12. The number of H-pyrrole nitrogens is 1. The molecule has 1 aliphatic rings. The SMILES string of the molecule is CCS(=O)(=O)Nc1ccc(Cl)c2c1CCC=C2c1c[nH]cn1. The van der Waals surface area contributed by atoms with Gasteiger partial charge in [0.2, 0.25) is 10.0 Å². The van der Waals surface area contributed by atoms with E-state index in [9.17, 15) is 8.42 Å². The van der Waals surface area contributed by atoms with Crippen LogP contribution in [0.1, 0.15) is 30.2 Å². The number of hydrogen-bond acceptors (Lipinski definition) is 3. The molecule has 1 heterocycles. The number of fused-ring (bicyclic) bond motifs is 1. The van der Waals surface area contributed by atoms with Crippen LogP contribution in [0.4, 0.5) is 5.69 Å². The van der Waals surface area contributed by atoms with Crippen LogP contribution in [-0.4, -0.2) is 24.1 Å². The molecule has 22 heavy (non-hydrogen) atoms. The first kappa shape index (κ1) is 15.1. The Kier molecular flexibility index (Phi) is 3.97. The monoisotopic (exact) mass is 337 g/mol. The van der Waals surface area contributed by atoms with Gasteiger partial charge in [-0.25, -0.2) is 13.4 Å². The average molecular weight is 338 g/mol. The zero-order valence-electron chi connectivity index (χ0n) is 12.1. The Morgan fingerprint density at radius 2 is 2.23 bits per heavy atom. The number of rotatable bonds is 4. The minimum absolute atomic E-state index is 0.0342. The van der Waals surface area contributed by atoms with Crippen molar-refractivity contribution in [3.63, 3.8) is 0 Å². The third-order valence-electron chi connectivity index (χ3n) is 3.69. The van der Waals surface area contributed by atoms with E-state index in [1.807, 2.05) is 0 Å². The summed E-state index contributed by atoms with van der Waals surface area (Å²) in [6.45, 7) is 1.61. The van der Waals surface area contributed by atoms with E-state index in [0.717, 1.165) is 35.2 Å². The molecule has 0 saturated carbocycles. The highest BCUT2D eigenvalue weighted by atomic mass is 35.5. The number of benzene rings is 1. The summed E-state index contributed by atoms with van der Waals surface area (Å²) in [6, 6.07) is 3.45. The Balaban J connectivity index is 2.13. The van der Waals surface area contributed by atoms with Crippen molar-refractivity contribution in [1.29, 1.82) is 0 Å². The van der Waals surface area contributed by atoms with Crippen LogP contribution in [0.2, 0.25) is 5.02 Å². The van der Waals surface area contributed by atoms with Gasteiger partial charge in [0.25, 0.3) is 0 Å². The van der Waals surface area contributed by atoms with Gasteiger partial charge in [-0.3, -0.25) is 4.72 Å². The number of halogens is 1. The van der Waals surface area contributed by atoms with E-state index in [4.69, 9.17) is 11.6 Å². The molecule has 0 bridgehead atoms. The first-order chi connectivity index (χ1) is 10.5. The molecular weight excluding hydrogens is 322 g/mol. The lowest BCUT2D eigenvalue weighted by atomic mass is 9.88. The molecule has 2 N–H and O–H groups in total. The fourth-order valence-electron chi connectivity index (χ4n) is 2.61. The largest absolute Gasteiger partial charge is 0.351 e. The molecule has 0 amide bonds. The summed E-state index contributed by atoms with van der Waals surface area (Å²) in [7, 11) is -3.32. The molecule has 0 radical (unpaired) electrons. The second kappa shape index (κ2) is 5.78. The van der Waals surface area contributed by atoms with Crippen LogP contribution in [0.5, 0.6) is 0 Å². The number of aromatic amines is 1. The number of imidazole rings is 1. The van der Waals surface area contributed by atoms with Crippen molar-refractivity contribution in [2.75, 3.05) is 10.5 Å². The van der Waals surface area contributed by atoms with Gasteiger partial charge in [-0.15, -0.1) is 0 Å². The third-order valence-corrected chi connectivity index (χ3v) is 5.30. The molecule has 3 rings (SSSR count). The summed E-state index contributed by atoms with van der Waals surface area (Å²) in [6.07, 6.45) is 7.06. The molecule has 0 aliphatic heterocycles. The summed E-state index contributed by atoms with van der Waals surface area (Å²) in [4.78, 5) is 7.21. The predicted octanol–water partition coefficient (Wildman–Crippen LogP) is 3.20. The number of nitrogens with one attached hydrogen (secondary N) is 2. The number of hydrogen-bond donors (Lipinski definition) is 2. The maximum atomic E-state index is 11.9. The van der Waals surface area contributed by atoms with Crippen LogP contribution in [0.3, 0.4) is 0 Å². The number of aromatic nitrogens is 2. The second-order valence-corrected chi connectivity index (χ2v) is 7.48. The molecule has 1 aliphatic carbocycles. The molecule has 1 aromatic heterocycles.